The monoisotopic (exact) mass is 350 g/mol. The zero-order chi connectivity index (χ0) is 17.5. The number of amides is 1. The first-order valence-corrected chi connectivity index (χ1v) is 10.2. The van der Waals surface area contributed by atoms with E-state index >= 15 is 0 Å². The first-order chi connectivity index (χ1) is 11.3. The number of benzene rings is 1. The summed E-state index contributed by atoms with van der Waals surface area (Å²) in [7, 11) is -1.79. The molecule has 1 amide bonds. The molecule has 24 heavy (non-hydrogen) atoms. The van der Waals surface area contributed by atoms with Crippen LogP contribution in [0.25, 0.3) is 0 Å². The van der Waals surface area contributed by atoms with Crippen molar-refractivity contribution in [2.24, 2.45) is 0 Å². The van der Waals surface area contributed by atoms with Gasteiger partial charge in [0.15, 0.2) is 0 Å². The predicted molar refractivity (Wildman–Crippen MR) is 94.6 cm³/mol. The summed E-state index contributed by atoms with van der Waals surface area (Å²) in [5, 5.41) is 0. The van der Waals surface area contributed by atoms with Crippen LogP contribution < -0.4 is 4.90 Å². The summed E-state index contributed by atoms with van der Waals surface area (Å²) in [5.74, 6) is -0.00354. The molecule has 1 saturated carbocycles. The molecule has 1 aromatic rings. The molecule has 0 aromatic heterocycles. The van der Waals surface area contributed by atoms with E-state index in [1.807, 2.05) is 6.92 Å². The number of fused-ring (bicyclic) bond motifs is 1. The van der Waals surface area contributed by atoms with E-state index in [9.17, 15) is 13.2 Å². The van der Waals surface area contributed by atoms with Crippen molar-refractivity contribution in [2.75, 3.05) is 11.9 Å². The lowest BCUT2D eigenvalue weighted by Gasteiger charge is -2.30. The average Bonchev–Trinajstić information content (AvgIpc) is 2.89. The normalized spacial score (nSPS) is 22.0. The second-order valence-corrected chi connectivity index (χ2v) is 9.04. The Labute approximate surface area is 144 Å². The number of sulfonamides is 1. The topological polar surface area (TPSA) is 57.7 Å². The maximum Gasteiger partial charge on any atom is 0.243 e. The van der Waals surface area contributed by atoms with Gasteiger partial charge in [-0.25, -0.2) is 8.42 Å². The highest BCUT2D eigenvalue weighted by Crippen LogP contribution is 2.35. The van der Waals surface area contributed by atoms with E-state index in [0.717, 1.165) is 36.9 Å². The molecule has 1 aliphatic carbocycles. The fraction of sp³-hybridized carbons (Fsp3) is 0.611. The van der Waals surface area contributed by atoms with E-state index in [4.69, 9.17) is 0 Å². The largest absolute Gasteiger partial charge is 0.309 e. The van der Waals surface area contributed by atoms with Gasteiger partial charge in [0.2, 0.25) is 15.9 Å². The molecule has 0 radical (unpaired) electrons. The molecule has 3 rings (SSSR count). The molecule has 2 aliphatic rings. The molecule has 1 atom stereocenters. The summed E-state index contributed by atoms with van der Waals surface area (Å²) in [6, 6.07) is 5.35. The first-order valence-electron chi connectivity index (χ1n) is 8.73. The summed E-state index contributed by atoms with van der Waals surface area (Å²) < 4.78 is 27.5. The summed E-state index contributed by atoms with van der Waals surface area (Å²) in [4.78, 5) is 13.9. The van der Waals surface area contributed by atoms with Crippen LogP contribution in [0.1, 0.15) is 51.5 Å². The van der Waals surface area contributed by atoms with Crippen molar-refractivity contribution in [1.29, 1.82) is 0 Å². The molecule has 1 heterocycles. The fourth-order valence-corrected chi connectivity index (χ4v) is 5.52. The highest BCUT2D eigenvalue weighted by Gasteiger charge is 2.33. The summed E-state index contributed by atoms with van der Waals surface area (Å²) in [5.41, 5.74) is 1.78. The average molecular weight is 350 g/mol. The van der Waals surface area contributed by atoms with Gasteiger partial charge in [0, 0.05) is 31.7 Å². The van der Waals surface area contributed by atoms with Crippen LogP contribution in [0.2, 0.25) is 0 Å². The Morgan fingerprint density at radius 1 is 1.21 bits per heavy atom. The molecular formula is C18H26N2O3S. The van der Waals surface area contributed by atoms with Crippen LogP contribution in [-0.4, -0.2) is 37.8 Å². The van der Waals surface area contributed by atoms with Crippen molar-refractivity contribution in [3.63, 3.8) is 0 Å². The Morgan fingerprint density at radius 3 is 2.50 bits per heavy atom. The molecule has 6 heteroatoms. The quantitative estimate of drug-likeness (QED) is 0.842. The van der Waals surface area contributed by atoms with Crippen LogP contribution in [0.5, 0.6) is 0 Å². The number of hydrogen-bond acceptors (Lipinski definition) is 3. The molecule has 0 unspecified atom stereocenters. The number of nitrogens with zero attached hydrogens (tertiary/aromatic N) is 2. The SMILES string of the molecule is CC(=O)N1c2ccc(S(=O)(=O)N(C)C3CCCCC3)cc2C[C@H]1C. The number of carbonyl (C=O) groups excluding carboxylic acids is 1. The third kappa shape index (κ3) is 2.97. The number of anilines is 1. The Morgan fingerprint density at radius 2 is 1.88 bits per heavy atom. The Hall–Kier alpha value is -1.40. The molecule has 0 bridgehead atoms. The third-order valence-electron chi connectivity index (χ3n) is 5.37. The molecule has 0 N–H and O–H groups in total. The summed E-state index contributed by atoms with van der Waals surface area (Å²) >= 11 is 0. The van der Waals surface area contributed by atoms with Crippen LogP contribution >= 0.6 is 0 Å². The highest BCUT2D eigenvalue weighted by atomic mass is 32.2. The van der Waals surface area contributed by atoms with E-state index in [0.29, 0.717) is 11.3 Å². The van der Waals surface area contributed by atoms with Crippen LogP contribution in [-0.2, 0) is 21.2 Å². The molecule has 1 aliphatic heterocycles. The van der Waals surface area contributed by atoms with Crippen molar-refractivity contribution in [3.05, 3.63) is 23.8 Å². The van der Waals surface area contributed by atoms with E-state index in [2.05, 4.69) is 0 Å². The predicted octanol–water partition coefficient (Wildman–Crippen LogP) is 2.94. The van der Waals surface area contributed by atoms with Gasteiger partial charge in [-0.3, -0.25) is 4.79 Å². The minimum absolute atomic E-state index is 0.00354. The van der Waals surface area contributed by atoms with Gasteiger partial charge in [-0.2, -0.15) is 4.31 Å². The maximum absolute atomic E-state index is 13.0. The number of hydrogen-bond donors (Lipinski definition) is 0. The van der Waals surface area contributed by atoms with Crippen molar-refractivity contribution in [3.8, 4) is 0 Å². The van der Waals surface area contributed by atoms with Crippen molar-refractivity contribution >= 4 is 21.6 Å². The lowest BCUT2D eigenvalue weighted by molar-refractivity contribution is -0.116. The third-order valence-corrected chi connectivity index (χ3v) is 7.28. The van der Waals surface area contributed by atoms with Gasteiger partial charge in [0.25, 0.3) is 0 Å². The minimum atomic E-state index is -3.49. The fourth-order valence-electron chi connectivity index (χ4n) is 4.05. The Kier molecular flexibility index (Phi) is 4.71. The van der Waals surface area contributed by atoms with Crippen molar-refractivity contribution in [1.82, 2.24) is 4.31 Å². The van der Waals surface area contributed by atoms with Crippen LogP contribution in [0.4, 0.5) is 5.69 Å². The minimum Gasteiger partial charge on any atom is -0.309 e. The van der Waals surface area contributed by atoms with E-state index in [1.165, 1.54) is 6.42 Å². The first kappa shape index (κ1) is 17.4. The van der Waals surface area contributed by atoms with Gasteiger partial charge in [0.1, 0.15) is 0 Å². The van der Waals surface area contributed by atoms with Gasteiger partial charge >= 0.3 is 0 Å². The van der Waals surface area contributed by atoms with E-state index < -0.39 is 10.0 Å². The second kappa shape index (κ2) is 6.48. The zero-order valence-electron chi connectivity index (χ0n) is 14.7. The van der Waals surface area contributed by atoms with E-state index in [-0.39, 0.29) is 18.0 Å². The van der Waals surface area contributed by atoms with Crippen molar-refractivity contribution < 1.29 is 13.2 Å². The number of rotatable bonds is 3. The molecule has 132 valence electrons. The smallest absolute Gasteiger partial charge is 0.243 e. The molecular weight excluding hydrogens is 324 g/mol. The molecule has 0 saturated heterocycles. The number of carbonyl (C=O) groups is 1. The Bertz CT molecular complexity index is 739. The van der Waals surface area contributed by atoms with Crippen LogP contribution in [0, 0.1) is 0 Å². The van der Waals surface area contributed by atoms with Gasteiger partial charge in [-0.05, 0) is 49.9 Å². The van der Waals surface area contributed by atoms with Crippen LogP contribution in [0.15, 0.2) is 23.1 Å². The standard InChI is InChI=1S/C18H26N2O3S/c1-13-11-15-12-17(9-10-18(15)20(13)14(2)21)24(22,23)19(3)16-7-5-4-6-8-16/h9-10,12-13,16H,4-8,11H2,1-3H3/t13-/m1/s1. The second-order valence-electron chi connectivity index (χ2n) is 7.05. The van der Waals surface area contributed by atoms with Gasteiger partial charge < -0.3 is 4.90 Å². The van der Waals surface area contributed by atoms with Crippen molar-refractivity contribution in [2.45, 2.75) is 69.4 Å². The molecule has 0 spiro atoms. The van der Waals surface area contributed by atoms with Crippen LogP contribution in [0.3, 0.4) is 0 Å². The molecule has 1 fully saturated rings. The molecule has 1 aromatic carbocycles. The summed E-state index contributed by atoms with van der Waals surface area (Å²) in [6.07, 6.45) is 5.97. The summed E-state index contributed by atoms with van der Waals surface area (Å²) in [6.45, 7) is 3.54. The lowest BCUT2D eigenvalue weighted by atomic mass is 9.96. The lowest BCUT2D eigenvalue weighted by Crippen LogP contribution is -2.38. The van der Waals surface area contributed by atoms with Gasteiger partial charge in [-0.15, -0.1) is 0 Å². The van der Waals surface area contributed by atoms with Gasteiger partial charge in [0.05, 0.1) is 4.90 Å². The highest BCUT2D eigenvalue weighted by molar-refractivity contribution is 7.89. The van der Waals surface area contributed by atoms with Gasteiger partial charge in [-0.1, -0.05) is 19.3 Å². The molecule has 5 nitrogen and oxygen atoms in total. The maximum atomic E-state index is 13.0. The zero-order valence-corrected chi connectivity index (χ0v) is 15.5. The Balaban J connectivity index is 1.90. The van der Waals surface area contributed by atoms with E-state index in [1.54, 1.807) is 41.4 Å².